The number of thioether (sulfide) groups is 1. The van der Waals surface area contributed by atoms with Crippen LogP contribution < -0.4 is 5.73 Å². The highest BCUT2D eigenvalue weighted by Crippen LogP contribution is 2.31. The molecule has 0 aliphatic carbocycles. The van der Waals surface area contributed by atoms with Crippen LogP contribution in [0.1, 0.15) is 12.8 Å². The maximum atomic E-state index is 5.53. The van der Waals surface area contributed by atoms with Crippen molar-refractivity contribution in [2.45, 2.75) is 24.9 Å². The fourth-order valence-electron chi connectivity index (χ4n) is 1.86. The molecule has 0 amide bonds. The molecule has 2 saturated heterocycles. The van der Waals surface area contributed by atoms with Gasteiger partial charge in [0.05, 0.1) is 0 Å². The van der Waals surface area contributed by atoms with Gasteiger partial charge in [-0.05, 0) is 19.4 Å². The maximum absolute atomic E-state index is 5.53. The second-order valence-electron chi connectivity index (χ2n) is 3.45. The van der Waals surface area contributed by atoms with Gasteiger partial charge in [-0.1, -0.05) is 0 Å². The first-order valence-corrected chi connectivity index (χ1v) is 5.61. The van der Waals surface area contributed by atoms with Crippen LogP contribution in [0.5, 0.6) is 0 Å². The molecule has 2 aliphatic rings. The fraction of sp³-hybridized carbons (Fsp3) is 1.00. The Morgan fingerprint density at radius 3 is 2.64 bits per heavy atom. The van der Waals surface area contributed by atoms with Gasteiger partial charge in [0, 0.05) is 30.1 Å². The van der Waals surface area contributed by atoms with Crippen molar-refractivity contribution in [3.63, 3.8) is 0 Å². The van der Waals surface area contributed by atoms with Crippen LogP contribution in [0, 0.1) is 0 Å². The molecule has 0 saturated carbocycles. The smallest absolute Gasteiger partial charge is 0.0279 e. The Balaban J connectivity index is 1.76. The lowest BCUT2D eigenvalue weighted by molar-refractivity contribution is 0.0520. The summed E-state index contributed by atoms with van der Waals surface area (Å²) in [6.45, 7) is 2.19. The molecule has 2 heterocycles. The Labute approximate surface area is 72.5 Å². The van der Waals surface area contributed by atoms with E-state index in [2.05, 4.69) is 16.7 Å². The molecule has 2 nitrogen and oxygen atoms in total. The number of hydrogen-bond donors (Lipinski definition) is 1. The van der Waals surface area contributed by atoms with Gasteiger partial charge in [0.25, 0.3) is 0 Å². The highest BCUT2D eigenvalue weighted by Gasteiger charge is 2.36. The number of nitrogens with two attached hydrogens (primary N) is 1. The molecule has 0 radical (unpaired) electrons. The van der Waals surface area contributed by atoms with Crippen LogP contribution >= 0.6 is 11.8 Å². The van der Waals surface area contributed by atoms with E-state index in [0.717, 1.165) is 18.6 Å². The van der Waals surface area contributed by atoms with Gasteiger partial charge >= 0.3 is 0 Å². The van der Waals surface area contributed by atoms with Crippen LogP contribution in [0.3, 0.4) is 0 Å². The highest BCUT2D eigenvalue weighted by molar-refractivity contribution is 8.00. The molecule has 0 aromatic rings. The number of hydrogen-bond acceptors (Lipinski definition) is 3. The zero-order chi connectivity index (χ0) is 7.68. The lowest BCUT2D eigenvalue weighted by Gasteiger charge is -2.49. The molecule has 11 heavy (non-hydrogen) atoms. The maximum Gasteiger partial charge on any atom is 0.0279 e. The molecule has 2 aliphatic heterocycles. The first-order valence-electron chi connectivity index (χ1n) is 4.45. The molecule has 64 valence electrons. The van der Waals surface area contributed by atoms with E-state index in [4.69, 9.17) is 5.73 Å². The second-order valence-corrected chi connectivity index (χ2v) is 4.52. The van der Waals surface area contributed by atoms with Crippen molar-refractivity contribution in [3.05, 3.63) is 0 Å². The van der Waals surface area contributed by atoms with Gasteiger partial charge in [-0.2, -0.15) is 11.8 Å². The zero-order valence-corrected chi connectivity index (χ0v) is 7.65. The van der Waals surface area contributed by atoms with Crippen molar-refractivity contribution in [2.24, 2.45) is 5.73 Å². The van der Waals surface area contributed by atoms with E-state index in [-0.39, 0.29) is 0 Å². The fourth-order valence-corrected chi connectivity index (χ4v) is 2.69. The first-order chi connectivity index (χ1) is 5.42. The Hall–Kier alpha value is 0.270. The van der Waals surface area contributed by atoms with Crippen molar-refractivity contribution in [1.29, 1.82) is 0 Å². The molecule has 0 bridgehead atoms. The lowest BCUT2D eigenvalue weighted by atomic mass is 9.97. The van der Waals surface area contributed by atoms with Crippen LogP contribution in [-0.4, -0.2) is 41.6 Å². The summed E-state index contributed by atoms with van der Waals surface area (Å²) in [5.74, 6) is 2.72. The highest BCUT2D eigenvalue weighted by atomic mass is 32.2. The molecule has 2 fully saturated rings. The van der Waals surface area contributed by atoms with E-state index in [0.29, 0.717) is 0 Å². The van der Waals surface area contributed by atoms with Crippen molar-refractivity contribution in [2.75, 3.05) is 24.6 Å². The molecular weight excluding hydrogens is 156 g/mol. The predicted octanol–water partition coefficient (Wildman–Crippen LogP) is 0.525. The van der Waals surface area contributed by atoms with Gasteiger partial charge in [-0.25, -0.2) is 0 Å². The summed E-state index contributed by atoms with van der Waals surface area (Å²) < 4.78 is 0. The lowest BCUT2D eigenvalue weighted by Crippen LogP contribution is -2.58. The van der Waals surface area contributed by atoms with E-state index < -0.39 is 0 Å². The monoisotopic (exact) mass is 172 g/mol. The third-order valence-electron chi connectivity index (χ3n) is 2.78. The Bertz CT molecular complexity index is 136. The largest absolute Gasteiger partial charge is 0.330 e. The van der Waals surface area contributed by atoms with Crippen LogP contribution in [0.15, 0.2) is 0 Å². The molecule has 1 unspecified atom stereocenters. The van der Waals surface area contributed by atoms with Crippen molar-refractivity contribution in [1.82, 2.24) is 4.90 Å². The van der Waals surface area contributed by atoms with E-state index in [1.165, 1.54) is 30.9 Å². The Kier molecular flexibility index (Phi) is 2.39. The van der Waals surface area contributed by atoms with Gasteiger partial charge in [0.1, 0.15) is 0 Å². The van der Waals surface area contributed by atoms with E-state index in [1.54, 1.807) is 0 Å². The third kappa shape index (κ3) is 1.42. The average molecular weight is 172 g/mol. The zero-order valence-electron chi connectivity index (χ0n) is 6.83. The van der Waals surface area contributed by atoms with Gasteiger partial charge < -0.3 is 5.73 Å². The summed E-state index contributed by atoms with van der Waals surface area (Å²) in [4.78, 5) is 2.64. The standard InChI is InChI=1S/C8H16N2S/c9-3-1-7-2-4-10(7)8-5-11-6-8/h7-8H,1-6,9H2. The minimum absolute atomic E-state index is 0.839. The second kappa shape index (κ2) is 3.33. The molecule has 1 atom stereocenters. The predicted molar refractivity (Wildman–Crippen MR) is 49.9 cm³/mol. The van der Waals surface area contributed by atoms with Crippen molar-refractivity contribution >= 4 is 11.8 Å². The SMILES string of the molecule is NCCC1CCN1C1CSC1. The van der Waals surface area contributed by atoms with Gasteiger partial charge in [0.2, 0.25) is 0 Å². The van der Waals surface area contributed by atoms with Crippen LogP contribution in [-0.2, 0) is 0 Å². The summed E-state index contributed by atoms with van der Waals surface area (Å²) >= 11 is 2.07. The first kappa shape index (κ1) is 7.90. The topological polar surface area (TPSA) is 29.3 Å². The summed E-state index contributed by atoms with van der Waals surface area (Å²) in [7, 11) is 0. The number of likely N-dealkylation sites (tertiary alicyclic amines) is 1. The van der Waals surface area contributed by atoms with Gasteiger partial charge in [-0.3, -0.25) is 4.90 Å². The van der Waals surface area contributed by atoms with E-state index in [9.17, 15) is 0 Å². The quantitative estimate of drug-likeness (QED) is 0.673. The Morgan fingerprint density at radius 2 is 2.27 bits per heavy atom. The molecule has 0 aromatic heterocycles. The normalized spacial score (nSPS) is 33.0. The third-order valence-corrected chi connectivity index (χ3v) is 4.02. The van der Waals surface area contributed by atoms with Crippen molar-refractivity contribution in [3.8, 4) is 0 Å². The number of rotatable bonds is 3. The summed E-state index contributed by atoms with van der Waals surface area (Å²) in [5, 5.41) is 0. The summed E-state index contributed by atoms with van der Waals surface area (Å²) in [6.07, 6.45) is 2.60. The molecule has 0 spiro atoms. The average Bonchev–Trinajstić information content (AvgIpc) is 1.89. The van der Waals surface area contributed by atoms with Crippen molar-refractivity contribution < 1.29 is 0 Å². The van der Waals surface area contributed by atoms with E-state index in [1.807, 2.05) is 0 Å². The molecular formula is C8H16N2S. The van der Waals surface area contributed by atoms with Crippen LogP contribution in [0.4, 0.5) is 0 Å². The molecule has 3 heteroatoms. The molecule has 0 aromatic carbocycles. The van der Waals surface area contributed by atoms with E-state index >= 15 is 0 Å². The number of nitrogens with zero attached hydrogens (tertiary/aromatic N) is 1. The minimum Gasteiger partial charge on any atom is -0.330 e. The molecule has 2 rings (SSSR count). The van der Waals surface area contributed by atoms with Crippen LogP contribution in [0.25, 0.3) is 0 Å². The minimum atomic E-state index is 0.839. The summed E-state index contributed by atoms with van der Waals surface area (Å²) in [5.41, 5.74) is 5.53. The van der Waals surface area contributed by atoms with Crippen LogP contribution in [0.2, 0.25) is 0 Å². The Morgan fingerprint density at radius 1 is 1.45 bits per heavy atom. The summed E-state index contributed by atoms with van der Waals surface area (Å²) in [6, 6.07) is 1.75. The van der Waals surface area contributed by atoms with Gasteiger partial charge in [0.15, 0.2) is 0 Å². The van der Waals surface area contributed by atoms with Gasteiger partial charge in [-0.15, -0.1) is 0 Å². The molecule has 2 N–H and O–H groups in total.